The van der Waals surface area contributed by atoms with Crippen molar-refractivity contribution < 1.29 is 14.7 Å². The largest absolute Gasteiger partial charge is 0.478 e. The molecule has 0 saturated heterocycles. The van der Waals surface area contributed by atoms with Crippen LogP contribution >= 0.6 is 11.8 Å². The van der Waals surface area contributed by atoms with E-state index in [0.717, 1.165) is 11.3 Å². The lowest BCUT2D eigenvalue weighted by Crippen LogP contribution is -2.14. The van der Waals surface area contributed by atoms with Gasteiger partial charge >= 0.3 is 5.97 Å². The number of carboxylic acids is 1. The maximum Gasteiger partial charge on any atom is 0.336 e. The van der Waals surface area contributed by atoms with Crippen LogP contribution < -0.4 is 5.32 Å². The van der Waals surface area contributed by atoms with Crippen LogP contribution in [0.25, 0.3) is 22.2 Å². The molecule has 8 heteroatoms. The molecule has 0 fully saturated rings. The van der Waals surface area contributed by atoms with Crippen molar-refractivity contribution in [3.8, 4) is 17.3 Å². The summed E-state index contributed by atoms with van der Waals surface area (Å²) in [4.78, 5) is 33.0. The van der Waals surface area contributed by atoms with Crippen LogP contribution in [0, 0.1) is 18.3 Å². The molecule has 0 aliphatic heterocycles. The molecule has 1 amide bonds. The van der Waals surface area contributed by atoms with Crippen LogP contribution in [-0.4, -0.2) is 32.7 Å². The summed E-state index contributed by atoms with van der Waals surface area (Å²) in [6.07, 6.45) is 0. The zero-order chi connectivity index (χ0) is 23.4. The number of para-hydroxylation sites is 1. The molecule has 2 heterocycles. The lowest BCUT2D eigenvalue weighted by atomic mass is 10.0. The highest BCUT2D eigenvalue weighted by Gasteiger charge is 2.13. The second-order valence-electron chi connectivity index (χ2n) is 7.21. The molecule has 4 rings (SSSR count). The number of nitriles is 1. The molecule has 2 aromatic carbocycles. The fraction of sp³-hybridized carbons (Fsp3) is 0.0800. The van der Waals surface area contributed by atoms with Gasteiger partial charge in [0.1, 0.15) is 11.1 Å². The highest BCUT2D eigenvalue weighted by Crippen LogP contribution is 2.26. The molecule has 0 atom stereocenters. The fourth-order valence-electron chi connectivity index (χ4n) is 3.28. The summed E-state index contributed by atoms with van der Waals surface area (Å²) < 4.78 is 0. The fourth-order valence-corrected chi connectivity index (χ4v) is 4.10. The van der Waals surface area contributed by atoms with E-state index in [0.29, 0.717) is 32.9 Å². The number of fused-ring (bicyclic) bond motifs is 1. The van der Waals surface area contributed by atoms with Gasteiger partial charge in [-0.3, -0.25) is 4.79 Å². The predicted octanol–water partition coefficient (Wildman–Crippen LogP) is 4.91. The highest BCUT2D eigenvalue weighted by atomic mass is 32.2. The van der Waals surface area contributed by atoms with Crippen LogP contribution in [0.1, 0.15) is 21.6 Å². The van der Waals surface area contributed by atoms with Gasteiger partial charge in [0.25, 0.3) is 0 Å². The maximum absolute atomic E-state index is 12.4. The van der Waals surface area contributed by atoms with Crippen LogP contribution in [0.3, 0.4) is 0 Å². The Morgan fingerprint density at radius 2 is 1.82 bits per heavy atom. The second kappa shape index (κ2) is 9.51. The molecule has 0 aliphatic rings. The van der Waals surface area contributed by atoms with Gasteiger partial charge in [-0.25, -0.2) is 14.8 Å². The van der Waals surface area contributed by atoms with Crippen LogP contribution in [0.4, 0.5) is 5.69 Å². The smallest absolute Gasteiger partial charge is 0.336 e. The molecule has 0 saturated carbocycles. The number of carbonyl (C=O) groups is 2. The quantitative estimate of drug-likeness (QED) is 0.398. The molecule has 0 radical (unpaired) electrons. The topological polar surface area (TPSA) is 116 Å². The van der Waals surface area contributed by atoms with Crippen LogP contribution in [0.5, 0.6) is 0 Å². The molecular weight excluding hydrogens is 436 g/mol. The molecule has 0 aliphatic carbocycles. The molecule has 0 bridgehead atoms. The van der Waals surface area contributed by atoms with Crippen LogP contribution in [0.15, 0.2) is 71.8 Å². The lowest BCUT2D eigenvalue weighted by Gasteiger charge is -2.09. The van der Waals surface area contributed by atoms with Crippen molar-refractivity contribution in [3.63, 3.8) is 0 Å². The first-order valence-electron chi connectivity index (χ1n) is 9.98. The number of aromatic nitrogens is 2. The average molecular weight is 455 g/mol. The van der Waals surface area contributed by atoms with Gasteiger partial charge in [-0.1, -0.05) is 42.1 Å². The van der Waals surface area contributed by atoms with E-state index in [1.165, 1.54) is 11.8 Å². The number of amides is 1. The van der Waals surface area contributed by atoms with Crippen molar-refractivity contribution in [2.24, 2.45) is 0 Å². The lowest BCUT2D eigenvalue weighted by molar-refractivity contribution is -0.113. The first-order chi connectivity index (χ1) is 15.9. The zero-order valence-electron chi connectivity index (χ0n) is 17.6. The third-order valence-corrected chi connectivity index (χ3v) is 5.86. The molecule has 0 spiro atoms. The molecular formula is C25H18N4O3S. The predicted molar refractivity (Wildman–Crippen MR) is 127 cm³/mol. The highest BCUT2D eigenvalue weighted by molar-refractivity contribution is 8.00. The Labute approximate surface area is 194 Å². The minimum absolute atomic E-state index is 0.112. The molecule has 4 aromatic rings. The van der Waals surface area contributed by atoms with Gasteiger partial charge in [0.15, 0.2) is 0 Å². The number of rotatable bonds is 6. The number of benzene rings is 2. The Balaban J connectivity index is 1.48. The molecule has 2 N–H and O–H groups in total. The Bertz CT molecular complexity index is 1410. The van der Waals surface area contributed by atoms with Crippen molar-refractivity contribution in [2.45, 2.75) is 11.9 Å². The molecule has 33 heavy (non-hydrogen) atoms. The van der Waals surface area contributed by atoms with E-state index >= 15 is 0 Å². The third kappa shape index (κ3) is 5.00. The van der Waals surface area contributed by atoms with E-state index < -0.39 is 5.97 Å². The van der Waals surface area contributed by atoms with Crippen LogP contribution in [0.2, 0.25) is 0 Å². The summed E-state index contributed by atoms with van der Waals surface area (Å²) in [5, 5.41) is 22.7. The Morgan fingerprint density at radius 3 is 2.55 bits per heavy atom. The Morgan fingerprint density at radius 1 is 1.06 bits per heavy atom. The van der Waals surface area contributed by atoms with Crippen LogP contribution in [-0.2, 0) is 4.79 Å². The second-order valence-corrected chi connectivity index (χ2v) is 8.17. The SMILES string of the molecule is Cc1ccc(C#N)c(SCC(=O)Nc2ccc(-c3cc(C(=O)O)c4ccccc4n3)cc2)n1. The number of nitrogens with one attached hydrogen (secondary N) is 1. The summed E-state index contributed by atoms with van der Waals surface area (Å²) in [6.45, 7) is 1.83. The number of carbonyl (C=O) groups excluding carboxylic acids is 1. The Hall–Kier alpha value is -4.22. The summed E-state index contributed by atoms with van der Waals surface area (Å²) in [7, 11) is 0. The molecule has 2 aromatic heterocycles. The summed E-state index contributed by atoms with van der Waals surface area (Å²) in [5.41, 5.74) is 3.87. The van der Waals surface area contributed by atoms with Crippen molar-refractivity contribution in [2.75, 3.05) is 11.1 Å². The van der Waals surface area contributed by atoms with E-state index in [1.54, 1.807) is 60.7 Å². The minimum Gasteiger partial charge on any atom is -0.478 e. The Kier molecular flexibility index (Phi) is 6.33. The zero-order valence-corrected chi connectivity index (χ0v) is 18.4. The number of aryl methyl sites for hydroxylation is 1. The van der Waals surface area contributed by atoms with Crippen molar-refractivity contribution in [1.82, 2.24) is 9.97 Å². The van der Waals surface area contributed by atoms with Gasteiger partial charge < -0.3 is 10.4 Å². The number of nitrogens with zero attached hydrogens (tertiary/aromatic N) is 3. The normalized spacial score (nSPS) is 10.5. The molecule has 162 valence electrons. The standard InChI is InChI=1S/C25H18N4O3S/c1-15-6-7-17(13-26)24(27-15)33-14-23(30)28-18-10-8-16(9-11-18)22-12-20(25(31)32)19-4-2-3-5-21(19)29-22/h2-12H,14H2,1H3,(H,28,30)(H,31,32). The van der Waals surface area contributed by atoms with E-state index in [2.05, 4.69) is 21.4 Å². The van der Waals surface area contributed by atoms with E-state index in [-0.39, 0.29) is 17.2 Å². The minimum atomic E-state index is -1.01. The number of carboxylic acid groups (broad SMARTS) is 1. The molecule has 0 unspecified atom stereocenters. The van der Waals surface area contributed by atoms with E-state index in [9.17, 15) is 20.0 Å². The monoisotopic (exact) mass is 454 g/mol. The number of hydrogen-bond donors (Lipinski definition) is 2. The van der Waals surface area contributed by atoms with Crippen molar-refractivity contribution in [3.05, 3.63) is 83.6 Å². The third-order valence-electron chi connectivity index (χ3n) is 4.87. The first kappa shape index (κ1) is 22.0. The van der Waals surface area contributed by atoms with E-state index in [4.69, 9.17) is 0 Å². The van der Waals surface area contributed by atoms with Gasteiger partial charge in [-0.05, 0) is 43.3 Å². The average Bonchev–Trinajstić information content (AvgIpc) is 2.82. The van der Waals surface area contributed by atoms with E-state index in [1.807, 2.05) is 13.0 Å². The van der Waals surface area contributed by atoms with Gasteiger partial charge in [-0.2, -0.15) is 5.26 Å². The summed E-state index contributed by atoms with van der Waals surface area (Å²) in [5.74, 6) is -1.13. The number of anilines is 1. The van der Waals surface area contributed by atoms with Crippen molar-refractivity contribution >= 4 is 40.2 Å². The number of hydrogen-bond acceptors (Lipinski definition) is 6. The van der Waals surface area contributed by atoms with Gasteiger partial charge in [0, 0.05) is 22.3 Å². The maximum atomic E-state index is 12.4. The summed E-state index contributed by atoms with van der Waals surface area (Å²) in [6, 6.07) is 21.2. The molecule has 7 nitrogen and oxygen atoms in total. The van der Waals surface area contributed by atoms with Gasteiger partial charge in [-0.15, -0.1) is 0 Å². The summed E-state index contributed by atoms with van der Waals surface area (Å²) >= 11 is 1.21. The van der Waals surface area contributed by atoms with Gasteiger partial charge in [0.05, 0.1) is 28.1 Å². The number of pyridine rings is 2. The van der Waals surface area contributed by atoms with Crippen molar-refractivity contribution in [1.29, 1.82) is 5.26 Å². The number of aromatic carboxylic acids is 1. The first-order valence-corrected chi connectivity index (χ1v) is 11.0. The van der Waals surface area contributed by atoms with Gasteiger partial charge in [0.2, 0.25) is 5.91 Å². The number of thioether (sulfide) groups is 1.